The molecule has 0 aromatic carbocycles. The van der Waals surface area contributed by atoms with E-state index in [1.807, 2.05) is 0 Å². The number of ether oxygens (including phenoxy) is 1. The Labute approximate surface area is 206 Å². The molecule has 1 heterocycles. The highest BCUT2D eigenvalue weighted by Crippen LogP contribution is 2.46. The first-order chi connectivity index (χ1) is 16.5. The maximum absolute atomic E-state index is 15.5. The molecular weight excluding hydrogens is 516 g/mol. The standard InChI is InChI=1S/C23H31F6NO5S/c1-13(21(31)32)12-35-18-10-19-17(9-16(18)23(27,28)29)30(15-5-3-4-6-15)11-14(7-8-22(2,25)26)20(24)36(19,33)34/h9-10,13-16,18,20H,3-8,11-12H2,1-2H3,(H,31,32)/t13-,14-,16?,18?,20+/m1/s1. The van der Waals surface area contributed by atoms with E-state index in [4.69, 9.17) is 9.84 Å². The molecule has 206 valence electrons. The van der Waals surface area contributed by atoms with Crippen LogP contribution >= 0.6 is 0 Å². The van der Waals surface area contributed by atoms with Crippen LogP contribution in [0.15, 0.2) is 22.8 Å². The number of carbonyl (C=O) groups is 1. The first-order valence-electron chi connectivity index (χ1n) is 11.9. The van der Waals surface area contributed by atoms with Crippen molar-refractivity contribution in [3.8, 4) is 0 Å². The SMILES string of the molecule is C[C@H](COC1C=C2C(=CC1C(F)(F)F)N(C1CCCC1)C[C@@H](CCC(C)(F)F)[C@@H](F)S2(=O)=O)C(=O)O. The maximum Gasteiger partial charge on any atom is 0.398 e. The van der Waals surface area contributed by atoms with Crippen LogP contribution in [0.4, 0.5) is 26.3 Å². The predicted molar refractivity (Wildman–Crippen MR) is 118 cm³/mol. The van der Waals surface area contributed by atoms with Gasteiger partial charge in [-0.05, 0) is 45.3 Å². The van der Waals surface area contributed by atoms with Crippen molar-refractivity contribution in [2.45, 2.75) is 82.1 Å². The lowest BCUT2D eigenvalue weighted by molar-refractivity contribution is -0.187. The highest BCUT2D eigenvalue weighted by molar-refractivity contribution is 7.96. The van der Waals surface area contributed by atoms with Gasteiger partial charge in [0.05, 0.1) is 29.2 Å². The van der Waals surface area contributed by atoms with Crippen molar-refractivity contribution in [2.24, 2.45) is 17.8 Å². The van der Waals surface area contributed by atoms with Gasteiger partial charge >= 0.3 is 12.1 Å². The molecule has 2 fully saturated rings. The number of rotatable bonds is 8. The third-order valence-corrected chi connectivity index (χ3v) is 8.97. The molecule has 3 rings (SSSR count). The molecule has 36 heavy (non-hydrogen) atoms. The van der Waals surface area contributed by atoms with Gasteiger partial charge in [-0.2, -0.15) is 13.2 Å². The van der Waals surface area contributed by atoms with Gasteiger partial charge in [0.2, 0.25) is 21.3 Å². The summed E-state index contributed by atoms with van der Waals surface area (Å²) in [5, 5.41) is 9.04. The average Bonchev–Trinajstić information content (AvgIpc) is 3.27. The van der Waals surface area contributed by atoms with Crippen LogP contribution in [-0.2, 0) is 19.4 Å². The summed E-state index contributed by atoms with van der Waals surface area (Å²) < 4.78 is 116. The minimum absolute atomic E-state index is 0.288. The molecule has 0 bridgehead atoms. The third kappa shape index (κ3) is 6.38. The minimum Gasteiger partial charge on any atom is -0.481 e. The summed E-state index contributed by atoms with van der Waals surface area (Å²) in [5.41, 5.74) is -2.88. The Morgan fingerprint density at radius 1 is 1.19 bits per heavy atom. The Bertz CT molecular complexity index is 984. The van der Waals surface area contributed by atoms with Crippen molar-refractivity contribution < 1.29 is 49.4 Å². The largest absolute Gasteiger partial charge is 0.481 e. The number of sulfone groups is 1. The molecule has 0 amide bonds. The van der Waals surface area contributed by atoms with E-state index in [9.17, 15) is 35.2 Å². The van der Waals surface area contributed by atoms with E-state index in [0.717, 1.165) is 12.8 Å². The summed E-state index contributed by atoms with van der Waals surface area (Å²) in [6.07, 6.45) is -3.99. The zero-order valence-electron chi connectivity index (χ0n) is 20.0. The summed E-state index contributed by atoms with van der Waals surface area (Å²) in [4.78, 5) is 11.9. The van der Waals surface area contributed by atoms with Crippen LogP contribution in [0, 0.1) is 17.8 Å². The fourth-order valence-corrected chi connectivity index (χ4v) is 6.73. The van der Waals surface area contributed by atoms with Crippen LogP contribution < -0.4 is 0 Å². The van der Waals surface area contributed by atoms with E-state index < -0.39 is 81.6 Å². The number of fused-ring (bicyclic) bond motifs is 1. The Kier molecular flexibility index (Phi) is 8.44. The van der Waals surface area contributed by atoms with E-state index in [2.05, 4.69) is 0 Å². The maximum atomic E-state index is 15.5. The fourth-order valence-electron chi connectivity index (χ4n) is 4.95. The predicted octanol–water partition coefficient (Wildman–Crippen LogP) is 5.07. The van der Waals surface area contributed by atoms with E-state index >= 15 is 4.39 Å². The monoisotopic (exact) mass is 547 g/mol. The second-order valence-corrected chi connectivity index (χ2v) is 12.0. The van der Waals surface area contributed by atoms with Crippen LogP contribution in [0.25, 0.3) is 0 Å². The molecule has 2 unspecified atom stereocenters. The number of nitrogens with zero attached hydrogens (tertiary/aromatic N) is 1. The molecule has 3 aliphatic rings. The van der Waals surface area contributed by atoms with Gasteiger partial charge in [-0.3, -0.25) is 4.79 Å². The van der Waals surface area contributed by atoms with Gasteiger partial charge in [0.15, 0.2) is 0 Å². The van der Waals surface area contributed by atoms with Crippen molar-refractivity contribution in [2.75, 3.05) is 13.2 Å². The zero-order valence-corrected chi connectivity index (χ0v) is 20.8. The second kappa shape index (κ2) is 10.5. The lowest BCUT2D eigenvalue weighted by atomic mass is 9.93. The van der Waals surface area contributed by atoms with Crippen molar-refractivity contribution in [3.05, 3.63) is 22.8 Å². The molecule has 0 spiro atoms. The normalized spacial score (nSPS) is 30.3. The van der Waals surface area contributed by atoms with Crippen molar-refractivity contribution in [1.29, 1.82) is 0 Å². The highest BCUT2D eigenvalue weighted by atomic mass is 32.2. The number of carboxylic acids is 1. The Hall–Kier alpha value is -1.76. The number of aliphatic carboxylic acids is 1. The van der Waals surface area contributed by atoms with Gasteiger partial charge in [-0.15, -0.1) is 0 Å². The number of hydrogen-bond donors (Lipinski definition) is 1. The van der Waals surface area contributed by atoms with Gasteiger partial charge in [-0.25, -0.2) is 21.6 Å². The molecular formula is C23H31F6NO5S. The van der Waals surface area contributed by atoms with Gasteiger partial charge < -0.3 is 14.7 Å². The fraction of sp³-hybridized carbons (Fsp3) is 0.783. The molecule has 1 aliphatic heterocycles. The lowest BCUT2D eigenvalue weighted by Crippen LogP contribution is -2.42. The van der Waals surface area contributed by atoms with Crippen LogP contribution in [0.5, 0.6) is 0 Å². The first-order valence-corrected chi connectivity index (χ1v) is 13.4. The lowest BCUT2D eigenvalue weighted by Gasteiger charge is -2.38. The van der Waals surface area contributed by atoms with Crippen molar-refractivity contribution in [1.82, 2.24) is 4.90 Å². The molecule has 0 radical (unpaired) electrons. The van der Waals surface area contributed by atoms with Gasteiger partial charge in [0.1, 0.15) is 5.92 Å². The molecule has 1 N–H and O–H groups in total. The van der Waals surface area contributed by atoms with Crippen molar-refractivity contribution >= 4 is 15.8 Å². The summed E-state index contributed by atoms with van der Waals surface area (Å²) in [6.45, 7) is 0.923. The average molecular weight is 548 g/mol. The zero-order chi connectivity index (χ0) is 27.1. The van der Waals surface area contributed by atoms with Gasteiger partial charge in [0, 0.05) is 24.9 Å². The molecule has 0 aromatic heterocycles. The summed E-state index contributed by atoms with van der Waals surface area (Å²) >= 11 is 0. The van der Waals surface area contributed by atoms with Crippen LogP contribution in [0.2, 0.25) is 0 Å². The third-order valence-electron chi connectivity index (χ3n) is 7.03. The van der Waals surface area contributed by atoms with Crippen molar-refractivity contribution in [3.63, 3.8) is 0 Å². The van der Waals surface area contributed by atoms with Crippen LogP contribution in [0.1, 0.15) is 52.4 Å². The molecule has 1 saturated heterocycles. The van der Waals surface area contributed by atoms with E-state index in [1.54, 1.807) is 0 Å². The Morgan fingerprint density at radius 2 is 1.81 bits per heavy atom. The molecule has 2 aliphatic carbocycles. The smallest absolute Gasteiger partial charge is 0.398 e. The van der Waals surface area contributed by atoms with E-state index in [-0.39, 0.29) is 18.3 Å². The Balaban J connectivity index is 2.08. The van der Waals surface area contributed by atoms with Gasteiger partial charge in [0.25, 0.3) is 0 Å². The molecule has 13 heteroatoms. The molecule has 5 atom stereocenters. The summed E-state index contributed by atoms with van der Waals surface area (Å²) in [5.74, 6) is -9.32. The number of alkyl halides is 6. The summed E-state index contributed by atoms with van der Waals surface area (Å²) in [6, 6.07) is -0.358. The number of halogens is 6. The topological polar surface area (TPSA) is 83.9 Å². The van der Waals surface area contributed by atoms with Crippen LogP contribution in [0.3, 0.4) is 0 Å². The van der Waals surface area contributed by atoms with Gasteiger partial charge in [-0.1, -0.05) is 12.8 Å². The first kappa shape index (κ1) is 28.8. The molecule has 1 saturated carbocycles. The quantitative estimate of drug-likeness (QED) is 0.427. The number of carboxylic acid groups (broad SMARTS) is 1. The minimum atomic E-state index is -4.87. The van der Waals surface area contributed by atoms with E-state index in [1.165, 1.54) is 11.8 Å². The van der Waals surface area contributed by atoms with Crippen LogP contribution in [-0.4, -0.2) is 67.3 Å². The Morgan fingerprint density at radius 3 is 2.33 bits per heavy atom. The second-order valence-electron chi connectivity index (χ2n) is 10.0. The highest BCUT2D eigenvalue weighted by Gasteiger charge is 2.52. The summed E-state index contributed by atoms with van der Waals surface area (Å²) in [7, 11) is -4.86. The molecule has 0 aromatic rings. The molecule has 6 nitrogen and oxygen atoms in total. The van der Waals surface area contributed by atoms with E-state index in [0.29, 0.717) is 31.9 Å². The number of hydrogen-bond acceptors (Lipinski definition) is 5.